The Kier molecular flexibility index (Phi) is 15.6. The van der Waals surface area contributed by atoms with Gasteiger partial charge in [0.2, 0.25) is 0 Å². The number of carbonyl (C=O) groups excluding carboxylic acids is 3. The third kappa shape index (κ3) is 14.9. The summed E-state index contributed by atoms with van der Waals surface area (Å²) in [7, 11) is 3.03. The van der Waals surface area contributed by atoms with Gasteiger partial charge >= 0.3 is 12.1 Å². The number of alkyl carbamates (subject to hydrolysis) is 1. The fourth-order valence-electron chi connectivity index (χ4n) is 4.00. The number of nitrogens with zero attached hydrogens (tertiary/aromatic N) is 2. The lowest BCUT2D eigenvalue weighted by Crippen LogP contribution is -2.32. The summed E-state index contributed by atoms with van der Waals surface area (Å²) < 4.78 is 11.0. The van der Waals surface area contributed by atoms with Gasteiger partial charge in [-0.25, -0.2) is 4.79 Å². The molecule has 0 aliphatic heterocycles. The molecule has 0 aliphatic carbocycles. The third-order valence-corrected chi connectivity index (χ3v) is 6.27. The van der Waals surface area contributed by atoms with E-state index < -0.39 is 11.6 Å². The molecule has 0 atom stereocenters. The molecule has 0 unspecified atom stereocenters. The van der Waals surface area contributed by atoms with E-state index in [0.29, 0.717) is 12.1 Å². The van der Waals surface area contributed by atoms with E-state index in [0.717, 1.165) is 67.2 Å². The highest BCUT2D eigenvalue weighted by Crippen LogP contribution is 2.20. The van der Waals surface area contributed by atoms with Crippen molar-refractivity contribution in [2.75, 3.05) is 26.0 Å². The van der Waals surface area contributed by atoms with E-state index >= 15 is 0 Å². The minimum Gasteiger partial charge on any atom is -0.468 e. The molecule has 240 valence electrons. The SMILES string of the molecule is CC(C)(C)OC(=O)NCCCCCCCC#Cc1cncc(-c2cccc(C=O)c2)c1.CNc1ccc(=O)n(CC(=O)OC)c1. The van der Waals surface area contributed by atoms with E-state index in [1.165, 1.54) is 17.7 Å². The minimum absolute atomic E-state index is 0.0646. The molecule has 10 nitrogen and oxygen atoms in total. The van der Waals surface area contributed by atoms with Crippen LogP contribution in [0.2, 0.25) is 0 Å². The summed E-state index contributed by atoms with van der Waals surface area (Å²) in [6.45, 7) is 6.15. The first-order valence-electron chi connectivity index (χ1n) is 15.0. The maximum atomic E-state index is 11.5. The molecule has 10 heteroatoms. The van der Waals surface area contributed by atoms with Gasteiger partial charge < -0.3 is 24.7 Å². The molecule has 0 spiro atoms. The van der Waals surface area contributed by atoms with Crippen LogP contribution in [0, 0.1) is 11.8 Å². The van der Waals surface area contributed by atoms with Gasteiger partial charge in [0.1, 0.15) is 18.4 Å². The van der Waals surface area contributed by atoms with Crippen LogP contribution in [0.5, 0.6) is 0 Å². The van der Waals surface area contributed by atoms with Gasteiger partial charge in [-0.3, -0.25) is 19.4 Å². The summed E-state index contributed by atoms with van der Waals surface area (Å²) in [6, 6.07) is 12.5. The molecule has 2 heterocycles. The summed E-state index contributed by atoms with van der Waals surface area (Å²) in [5.74, 6) is 5.96. The minimum atomic E-state index is -0.454. The molecule has 2 N–H and O–H groups in total. The first kappa shape index (κ1) is 36.3. The van der Waals surface area contributed by atoms with Gasteiger partial charge in [0.05, 0.1) is 12.8 Å². The highest BCUT2D eigenvalue weighted by atomic mass is 16.6. The molecular weight excluding hydrogens is 572 g/mol. The normalized spacial score (nSPS) is 10.3. The number of aldehydes is 1. The second-order valence-electron chi connectivity index (χ2n) is 11.2. The number of methoxy groups -OCH3 is 1. The van der Waals surface area contributed by atoms with Gasteiger partial charge in [-0.1, -0.05) is 49.3 Å². The highest BCUT2D eigenvalue weighted by Gasteiger charge is 2.15. The largest absolute Gasteiger partial charge is 0.468 e. The van der Waals surface area contributed by atoms with Crippen LogP contribution >= 0.6 is 0 Å². The predicted molar refractivity (Wildman–Crippen MR) is 176 cm³/mol. The van der Waals surface area contributed by atoms with E-state index in [1.807, 2.05) is 45.0 Å². The van der Waals surface area contributed by atoms with Crippen LogP contribution in [0.15, 0.2) is 65.8 Å². The number of ether oxygens (including phenoxy) is 2. The first-order chi connectivity index (χ1) is 21.5. The van der Waals surface area contributed by atoms with E-state index in [-0.39, 0.29) is 18.2 Å². The maximum absolute atomic E-state index is 11.5. The van der Waals surface area contributed by atoms with Crippen molar-refractivity contribution in [3.63, 3.8) is 0 Å². The van der Waals surface area contributed by atoms with Crippen molar-refractivity contribution >= 4 is 24.0 Å². The fraction of sp³-hybridized carbons (Fsp3) is 0.400. The van der Waals surface area contributed by atoms with E-state index in [4.69, 9.17) is 4.74 Å². The molecule has 1 amide bonds. The van der Waals surface area contributed by atoms with Crippen molar-refractivity contribution in [1.82, 2.24) is 14.9 Å². The monoisotopic (exact) mass is 616 g/mol. The van der Waals surface area contributed by atoms with Gasteiger partial charge in [0.15, 0.2) is 0 Å². The lowest BCUT2D eigenvalue weighted by Gasteiger charge is -2.19. The van der Waals surface area contributed by atoms with Crippen LogP contribution in [0.25, 0.3) is 11.1 Å². The van der Waals surface area contributed by atoms with Gasteiger partial charge in [-0.2, -0.15) is 0 Å². The van der Waals surface area contributed by atoms with Crippen molar-refractivity contribution < 1.29 is 23.9 Å². The highest BCUT2D eigenvalue weighted by molar-refractivity contribution is 5.79. The smallest absolute Gasteiger partial charge is 0.407 e. The molecule has 0 fully saturated rings. The Morgan fingerprint density at radius 1 is 1.00 bits per heavy atom. The molecule has 1 aromatic carbocycles. The number of pyridine rings is 2. The number of hydrogen-bond acceptors (Lipinski definition) is 8. The average Bonchev–Trinajstić information content (AvgIpc) is 3.02. The number of anilines is 1. The van der Waals surface area contributed by atoms with Gasteiger partial charge in [-0.05, 0) is 57.4 Å². The molecule has 0 saturated carbocycles. The zero-order valence-corrected chi connectivity index (χ0v) is 26.9. The molecule has 45 heavy (non-hydrogen) atoms. The summed E-state index contributed by atoms with van der Waals surface area (Å²) in [5, 5.41) is 5.66. The Morgan fingerprint density at radius 3 is 2.47 bits per heavy atom. The predicted octanol–water partition coefficient (Wildman–Crippen LogP) is 5.84. The van der Waals surface area contributed by atoms with Gasteiger partial charge in [0, 0.05) is 61.4 Å². The summed E-state index contributed by atoms with van der Waals surface area (Å²) in [6.07, 6.45) is 11.8. The van der Waals surface area contributed by atoms with Crippen LogP contribution in [-0.2, 0) is 20.8 Å². The molecule has 2 aromatic heterocycles. The fourth-order valence-corrected chi connectivity index (χ4v) is 4.00. The van der Waals surface area contributed by atoms with Gasteiger partial charge in [-0.15, -0.1) is 0 Å². The number of benzene rings is 1. The molecule has 0 bridgehead atoms. The van der Waals surface area contributed by atoms with Crippen molar-refractivity contribution in [3.8, 4) is 23.0 Å². The molecule has 3 rings (SSSR count). The number of rotatable bonds is 12. The molecule has 3 aromatic rings. The van der Waals surface area contributed by atoms with Crippen molar-refractivity contribution in [2.45, 2.75) is 71.4 Å². The Morgan fingerprint density at radius 2 is 1.76 bits per heavy atom. The zero-order valence-electron chi connectivity index (χ0n) is 26.9. The Hall–Kier alpha value is -4.91. The van der Waals surface area contributed by atoms with Crippen molar-refractivity contribution in [2.24, 2.45) is 0 Å². The number of nitrogens with one attached hydrogen (secondary N) is 2. The van der Waals surface area contributed by atoms with Crippen LogP contribution in [-0.4, -0.2) is 54.2 Å². The second kappa shape index (κ2) is 19.4. The summed E-state index contributed by atoms with van der Waals surface area (Å²) in [5.41, 5.74) is 3.53. The van der Waals surface area contributed by atoms with Crippen molar-refractivity contribution in [3.05, 3.63) is 82.5 Å². The number of aromatic nitrogens is 2. The Labute approximate surface area is 265 Å². The maximum Gasteiger partial charge on any atom is 0.407 e. The average molecular weight is 617 g/mol. The standard InChI is InChI=1S/C26H32N2O3.C9H12N2O3/c1-26(2,3)31-25(30)28-15-10-8-6-4-5-7-9-12-21-16-24(19-27-18-21)23-14-11-13-22(17-23)20-29;1-10-7-3-4-8(12)11(5-7)6-9(13)14-2/h11,13-14,16-20H,4-8,10,15H2,1-3H3,(H,28,30);3-5,10H,6H2,1-2H3. The molecule has 0 saturated heterocycles. The Bertz CT molecular complexity index is 1510. The summed E-state index contributed by atoms with van der Waals surface area (Å²) in [4.78, 5) is 49.0. The van der Waals surface area contributed by atoms with Crippen LogP contribution in [0.4, 0.5) is 10.5 Å². The third-order valence-electron chi connectivity index (χ3n) is 6.27. The topological polar surface area (TPSA) is 129 Å². The van der Waals surface area contributed by atoms with Crippen LogP contribution in [0.1, 0.15) is 75.2 Å². The number of amides is 1. The lowest BCUT2D eigenvalue weighted by molar-refractivity contribution is -0.141. The lowest BCUT2D eigenvalue weighted by atomic mass is 10.0. The molecule has 0 radical (unpaired) electrons. The van der Waals surface area contributed by atoms with E-state index in [2.05, 4.69) is 32.2 Å². The number of esters is 1. The van der Waals surface area contributed by atoms with Crippen molar-refractivity contribution in [1.29, 1.82) is 0 Å². The molecular formula is C35H44N4O6. The van der Waals surface area contributed by atoms with E-state index in [9.17, 15) is 19.2 Å². The quantitative estimate of drug-likeness (QED) is 0.112. The number of carbonyl (C=O) groups is 3. The van der Waals surface area contributed by atoms with Gasteiger partial charge in [0.25, 0.3) is 5.56 Å². The first-order valence-corrected chi connectivity index (χ1v) is 15.0. The van der Waals surface area contributed by atoms with Crippen LogP contribution < -0.4 is 16.2 Å². The summed E-state index contributed by atoms with van der Waals surface area (Å²) >= 11 is 0. The van der Waals surface area contributed by atoms with Crippen LogP contribution in [0.3, 0.4) is 0 Å². The van der Waals surface area contributed by atoms with E-state index in [1.54, 1.807) is 37.8 Å². The number of hydrogen-bond donors (Lipinski definition) is 2. The second-order valence-corrected chi connectivity index (χ2v) is 11.2. The number of unbranched alkanes of at least 4 members (excludes halogenated alkanes) is 5. The Balaban J connectivity index is 0.000000420. The molecule has 0 aliphatic rings. The zero-order chi connectivity index (χ0) is 33.1.